The summed E-state index contributed by atoms with van der Waals surface area (Å²) in [5, 5.41) is 0. The molecule has 2 saturated heterocycles. The molecule has 3 rings (SSSR count). The molecule has 0 aromatic heterocycles. The van der Waals surface area contributed by atoms with Gasteiger partial charge in [-0.15, -0.1) is 0 Å². The third-order valence-electron chi connectivity index (χ3n) is 4.04. The van der Waals surface area contributed by atoms with Crippen LogP contribution in [0.25, 0.3) is 0 Å². The molecule has 120 valence electrons. The minimum atomic E-state index is -3.42. The average molecular weight is 340 g/mol. The van der Waals surface area contributed by atoms with E-state index in [1.54, 1.807) is 45.2 Å². The second-order valence-corrected chi connectivity index (χ2v) is 8.68. The fourth-order valence-electron chi connectivity index (χ4n) is 2.83. The Bertz CT molecular complexity index is 635. The molecule has 1 aromatic carbocycles. The van der Waals surface area contributed by atoms with E-state index in [0.717, 1.165) is 30.0 Å². The zero-order chi connectivity index (χ0) is 15.6. The Morgan fingerprint density at radius 2 is 1.73 bits per heavy atom. The quantitative estimate of drug-likeness (QED) is 0.844. The fraction of sp³-hybridized carbons (Fsp3) is 0.533. The van der Waals surface area contributed by atoms with Crippen LogP contribution in [0.5, 0.6) is 0 Å². The molecule has 2 aliphatic rings. The largest absolute Gasteiger partial charge is 0.312 e. The highest BCUT2D eigenvalue weighted by Gasteiger charge is 2.26. The molecule has 2 aliphatic heterocycles. The lowest BCUT2D eigenvalue weighted by Crippen LogP contribution is -2.33. The Kier molecular flexibility index (Phi) is 4.75. The third kappa shape index (κ3) is 3.16. The van der Waals surface area contributed by atoms with E-state index in [2.05, 4.69) is 0 Å². The molecule has 0 atom stereocenters. The van der Waals surface area contributed by atoms with Crippen LogP contribution in [0.2, 0.25) is 0 Å². The van der Waals surface area contributed by atoms with Crippen molar-refractivity contribution in [3.8, 4) is 0 Å². The van der Waals surface area contributed by atoms with E-state index in [9.17, 15) is 13.2 Å². The van der Waals surface area contributed by atoms with E-state index in [1.165, 1.54) is 0 Å². The minimum Gasteiger partial charge on any atom is -0.312 e. The predicted octanol–water partition coefficient (Wildman–Crippen LogP) is 1.94. The second-order valence-electron chi connectivity index (χ2n) is 5.51. The minimum absolute atomic E-state index is 0.111. The Morgan fingerprint density at radius 1 is 0.955 bits per heavy atom. The first-order valence-corrected chi connectivity index (χ1v) is 10.2. The zero-order valence-electron chi connectivity index (χ0n) is 12.4. The summed E-state index contributed by atoms with van der Waals surface area (Å²) in [5.74, 6) is 1.97. The molecule has 22 heavy (non-hydrogen) atoms. The average Bonchev–Trinajstić information content (AvgIpc) is 2.78. The molecular formula is C15H20N2O3S2. The van der Waals surface area contributed by atoms with Crippen LogP contribution in [-0.4, -0.2) is 49.8 Å². The number of hydrogen-bond acceptors (Lipinski definition) is 4. The van der Waals surface area contributed by atoms with Crippen LogP contribution < -0.4 is 4.90 Å². The topological polar surface area (TPSA) is 57.7 Å². The summed E-state index contributed by atoms with van der Waals surface area (Å²) < 4.78 is 26.9. The third-order valence-corrected chi connectivity index (χ3v) is 7.00. The van der Waals surface area contributed by atoms with Gasteiger partial charge in [-0.3, -0.25) is 4.79 Å². The standard InChI is InChI=1S/C15H20N2O3S2/c18-15-3-1-9-17(15)13-4-6-14(7-5-13)22(19,20)16-8-2-11-21-12-10-16/h4-7H,1-3,8-12H2. The van der Waals surface area contributed by atoms with Crippen molar-refractivity contribution in [1.29, 1.82) is 0 Å². The van der Waals surface area contributed by atoms with Crippen LogP contribution in [0.1, 0.15) is 19.3 Å². The number of carbonyl (C=O) groups is 1. The maximum atomic E-state index is 12.7. The zero-order valence-corrected chi connectivity index (χ0v) is 14.0. The van der Waals surface area contributed by atoms with Crippen LogP contribution in [0.15, 0.2) is 29.2 Å². The van der Waals surface area contributed by atoms with Gasteiger partial charge >= 0.3 is 0 Å². The summed E-state index contributed by atoms with van der Waals surface area (Å²) in [6.07, 6.45) is 2.33. The number of sulfonamides is 1. The fourth-order valence-corrected chi connectivity index (χ4v) is 5.31. The molecule has 5 nitrogen and oxygen atoms in total. The predicted molar refractivity (Wildman–Crippen MR) is 88.7 cm³/mol. The summed E-state index contributed by atoms with van der Waals surface area (Å²) in [6, 6.07) is 6.72. The van der Waals surface area contributed by atoms with E-state index >= 15 is 0 Å². The number of carbonyl (C=O) groups excluding carboxylic acids is 1. The molecule has 0 unspecified atom stereocenters. The first-order chi connectivity index (χ1) is 10.6. The lowest BCUT2D eigenvalue weighted by molar-refractivity contribution is -0.117. The molecule has 0 radical (unpaired) electrons. The Morgan fingerprint density at radius 3 is 2.41 bits per heavy atom. The van der Waals surface area contributed by atoms with Gasteiger partial charge in [0.2, 0.25) is 15.9 Å². The van der Waals surface area contributed by atoms with Crippen LogP contribution in [0.4, 0.5) is 5.69 Å². The lowest BCUT2D eigenvalue weighted by atomic mass is 10.3. The maximum absolute atomic E-state index is 12.7. The van der Waals surface area contributed by atoms with Gasteiger partial charge in [0.05, 0.1) is 4.90 Å². The smallest absolute Gasteiger partial charge is 0.243 e. The van der Waals surface area contributed by atoms with Crippen molar-refractivity contribution >= 4 is 33.4 Å². The van der Waals surface area contributed by atoms with Gasteiger partial charge in [-0.05, 0) is 42.9 Å². The summed E-state index contributed by atoms with van der Waals surface area (Å²) in [7, 11) is -3.42. The van der Waals surface area contributed by atoms with Crippen LogP contribution in [-0.2, 0) is 14.8 Å². The van der Waals surface area contributed by atoms with Crippen LogP contribution in [0.3, 0.4) is 0 Å². The molecule has 0 saturated carbocycles. The number of rotatable bonds is 3. The van der Waals surface area contributed by atoms with E-state index in [-0.39, 0.29) is 5.91 Å². The van der Waals surface area contributed by atoms with Gasteiger partial charge < -0.3 is 4.90 Å². The van der Waals surface area contributed by atoms with Crippen LogP contribution in [0, 0.1) is 0 Å². The highest BCUT2D eigenvalue weighted by Crippen LogP contribution is 2.25. The Balaban J connectivity index is 1.80. The molecule has 0 spiro atoms. The van der Waals surface area contributed by atoms with Gasteiger partial charge in [0.25, 0.3) is 0 Å². The van der Waals surface area contributed by atoms with E-state index in [1.807, 2.05) is 0 Å². The summed E-state index contributed by atoms with van der Waals surface area (Å²) in [6.45, 7) is 1.87. The summed E-state index contributed by atoms with van der Waals surface area (Å²) in [4.78, 5) is 13.8. The second kappa shape index (κ2) is 6.60. The van der Waals surface area contributed by atoms with Gasteiger partial charge in [-0.25, -0.2) is 8.42 Å². The monoisotopic (exact) mass is 340 g/mol. The number of nitrogens with zero attached hydrogens (tertiary/aromatic N) is 2. The molecule has 0 N–H and O–H groups in total. The van der Waals surface area contributed by atoms with Crippen molar-refractivity contribution in [3.63, 3.8) is 0 Å². The lowest BCUT2D eigenvalue weighted by Gasteiger charge is -2.20. The van der Waals surface area contributed by atoms with Crippen molar-refractivity contribution < 1.29 is 13.2 Å². The molecule has 0 bridgehead atoms. The number of hydrogen-bond donors (Lipinski definition) is 0. The Hall–Kier alpha value is -1.05. The van der Waals surface area contributed by atoms with Crippen molar-refractivity contribution in [2.24, 2.45) is 0 Å². The molecule has 2 heterocycles. The first kappa shape index (κ1) is 15.8. The highest BCUT2D eigenvalue weighted by molar-refractivity contribution is 7.99. The molecule has 1 aromatic rings. The maximum Gasteiger partial charge on any atom is 0.243 e. The molecule has 2 fully saturated rings. The van der Waals surface area contributed by atoms with Gasteiger partial charge in [0, 0.05) is 37.5 Å². The summed E-state index contributed by atoms with van der Waals surface area (Å²) >= 11 is 1.80. The van der Waals surface area contributed by atoms with Gasteiger partial charge in [-0.1, -0.05) is 0 Å². The van der Waals surface area contributed by atoms with E-state index < -0.39 is 10.0 Å². The Labute approximate surface area is 135 Å². The van der Waals surface area contributed by atoms with Gasteiger partial charge in [0.15, 0.2) is 0 Å². The molecule has 0 aliphatic carbocycles. The number of anilines is 1. The highest BCUT2D eigenvalue weighted by atomic mass is 32.2. The van der Waals surface area contributed by atoms with Crippen LogP contribution >= 0.6 is 11.8 Å². The summed E-state index contributed by atoms with van der Waals surface area (Å²) in [5.41, 5.74) is 0.785. The molecular weight excluding hydrogens is 320 g/mol. The van der Waals surface area contributed by atoms with E-state index in [0.29, 0.717) is 31.0 Å². The molecule has 1 amide bonds. The molecule has 7 heteroatoms. The van der Waals surface area contributed by atoms with Gasteiger partial charge in [0.1, 0.15) is 0 Å². The van der Waals surface area contributed by atoms with Crippen molar-refractivity contribution in [2.75, 3.05) is 36.0 Å². The normalized spacial score (nSPS) is 21.1. The van der Waals surface area contributed by atoms with Crippen molar-refractivity contribution in [3.05, 3.63) is 24.3 Å². The number of amides is 1. The first-order valence-electron chi connectivity index (χ1n) is 7.57. The van der Waals surface area contributed by atoms with Crippen molar-refractivity contribution in [2.45, 2.75) is 24.2 Å². The van der Waals surface area contributed by atoms with E-state index in [4.69, 9.17) is 0 Å². The SMILES string of the molecule is O=C1CCCN1c1ccc(S(=O)(=O)N2CCCSCC2)cc1. The van der Waals surface area contributed by atoms with Gasteiger partial charge in [-0.2, -0.15) is 16.1 Å². The number of benzene rings is 1. The number of thioether (sulfide) groups is 1. The van der Waals surface area contributed by atoms with Crippen molar-refractivity contribution in [1.82, 2.24) is 4.31 Å².